The Balaban J connectivity index is 2.08. The maximum absolute atomic E-state index is 12.0. The van der Waals surface area contributed by atoms with Crippen LogP contribution in [-0.4, -0.2) is 17.2 Å². The van der Waals surface area contributed by atoms with Crippen LogP contribution >= 0.6 is 0 Å². The van der Waals surface area contributed by atoms with Crippen molar-refractivity contribution in [1.29, 1.82) is 0 Å². The van der Waals surface area contributed by atoms with Crippen molar-refractivity contribution in [1.82, 2.24) is 0 Å². The van der Waals surface area contributed by atoms with Gasteiger partial charge in [0.05, 0.1) is 0 Å². The minimum atomic E-state index is -0.831. The number of aryl methyl sites for hydroxylation is 1. The van der Waals surface area contributed by atoms with Crippen LogP contribution in [0.25, 0.3) is 0 Å². The lowest BCUT2D eigenvalue weighted by atomic mass is 10.00. The molecule has 1 aromatic carbocycles. The maximum atomic E-state index is 12.0. The third kappa shape index (κ3) is 2.56. The summed E-state index contributed by atoms with van der Waals surface area (Å²) in [4.78, 5) is 12.0. The van der Waals surface area contributed by atoms with Crippen molar-refractivity contribution in [2.75, 3.05) is 0 Å². The normalized spacial score (nSPS) is 26.8. The summed E-state index contributed by atoms with van der Waals surface area (Å²) in [7, 11) is 0. The molecule has 3 heteroatoms. The van der Waals surface area contributed by atoms with Gasteiger partial charge in [0.25, 0.3) is 0 Å². The first kappa shape index (κ1) is 13.1. The number of esters is 1. The summed E-state index contributed by atoms with van der Waals surface area (Å²) >= 11 is 0. The number of rotatable bonds is 2. The van der Waals surface area contributed by atoms with Gasteiger partial charge in [-0.15, -0.1) is 0 Å². The fraction of sp³-hybridized carbons (Fsp3) is 0.533. The zero-order chi connectivity index (χ0) is 13.6. The molecule has 1 saturated heterocycles. The molecule has 0 amide bonds. The van der Waals surface area contributed by atoms with Crippen molar-refractivity contribution in [3.8, 4) is 0 Å². The Hall–Kier alpha value is -1.35. The Labute approximate surface area is 108 Å². The lowest BCUT2D eigenvalue weighted by Gasteiger charge is -2.21. The van der Waals surface area contributed by atoms with E-state index in [0.29, 0.717) is 0 Å². The van der Waals surface area contributed by atoms with Gasteiger partial charge < -0.3 is 9.47 Å². The summed E-state index contributed by atoms with van der Waals surface area (Å²) in [6.45, 7) is 9.39. The zero-order valence-electron chi connectivity index (χ0n) is 11.6. The van der Waals surface area contributed by atoms with Gasteiger partial charge in [-0.1, -0.05) is 29.8 Å². The van der Waals surface area contributed by atoms with E-state index in [9.17, 15) is 4.79 Å². The van der Waals surface area contributed by atoms with E-state index in [1.807, 2.05) is 52.0 Å². The number of hydrogen-bond acceptors (Lipinski definition) is 3. The van der Waals surface area contributed by atoms with Gasteiger partial charge in [-0.05, 0) is 40.2 Å². The Morgan fingerprint density at radius 1 is 1.28 bits per heavy atom. The van der Waals surface area contributed by atoms with E-state index in [0.717, 1.165) is 5.56 Å². The molecule has 0 radical (unpaired) electrons. The van der Waals surface area contributed by atoms with E-state index < -0.39 is 11.2 Å². The average molecular weight is 248 g/mol. The highest BCUT2D eigenvalue weighted by Crippen LogP contribution is 2.50. The summed E-state index contributed by atoms with van der Waals surface area (Å²) in [5, 5.41) is 0. The Bertz CT molecular complexity index is 456. The third-order valence-corrected chi connectivity index (χ3v) is 2.99. The molecule has 2 unspecified atom stereocenters. The van der Waals surface area contributed by atoms with Gasteiger partial charge in [-0.2, -0.15) is 0 Å². The van der Waals surface area contributed by atoms with Gasteiger partial charge in [0.15, 0.2) is 5.60 Å². The standard InChI is InChI=1S/C15H20O3/c1-10-6-8-11(9-7-10)12-15(5,17-12)13(16)18-14(2,3)4/h6-9,12H,1-5H3. The summed E-state index contributed by atoms with van der Waals surface area (Å²) < 4.78 is 10.9. The minimum absolute atomic E-state index is 0.187. The molecule has 0 bridgehead atoms. The van der Waals surface area contributed by atoms with E-state index in [2.05, 4.69) is 0 Å². The van der Waals surface area contributed by atoms with Crippen LogP contribution < -0.4 is 0 Å². The second-order valence-electron chi connectivity index (χ2n) is 6.02. The molecule has 0 saturated carbocycles. The molecule has 0 N–H and O–H groups in total. The molecule has 1 heterocycles. The molecular formula is C15H20O3. The SMILES string of the molecule is Cc1ccc(C2OC2(C)C(=O)OC(C)(C)C)cc1. The van der Waals surface area contributed by atoms with Crippen LogP contribution in [0.15, 0.2) is 24.3 Å². The first-order valence-corrected chi connectivity index (χ1v) is 6.20. The zero-order valence-corrected chi connectivity index (χ0v) is 11.6. The molecule has 1 fully saturated rings. The number of benzene rings is 1. The number of hydrogen-bond donors (Lipinski definition) is 0. The quantitative estimate of drug-likeness (QED) is 0.596. The minimum Gasteiger partial charge on any atom is -0.458 e. The van der Waals surface area contributed by atoms with Gasteiger partial charge in [-0.25, -0.2) is 4.79 Å². The summed E-state index contributed by atoms with van der Waals surface area (Å²) in [6, 6.07) is 8.03. The molecule has 98 valence electrons. The molecular weight excluding hydrogens is 228 g/mol. The Morgan fingerprint density at radius 2 is 1.83 bits per heavy atom. The number of ether oxygens (including phenoxy) is 2. The third-order valence-electron chi connectivity index (χ3n) is 2.99. The highest BCUT2D eigenvalue weighted by molar-refractivity contribution is 5.83. The first-order chi connectivity index (χ1) is 8.22. The second kappa shape index (κ2) is 4.09. The van der Waals surface area contributed by atoms with Crippen LogP contribution in [0.1, 0.15) is 44.9 Å². The molecule has 0 aliphatic carbocycles. The molecule has 3 nitrogen and oxygen atoms in total. The monoisotopic (exact) mass is 248 g/mol. The lowest BCUT2D eigenvalue weighted by molar-refractivity contribution is -0.160. The van der Waals surface area contributed by atoms with E-state index in [4.69, 9.17) is 9.47 Å². The van der Waals surface area contributed by atoms with Gasteiger partial charge in [-0.3, -0.25) is 0 Å². The first-order valence-electron chi connectivity index (χ1n) is 6.20. The molecule has 2 rings (SSSR count). The van der Waals surface area contributed by atoms with Crippen molar-refractivity contribution in [3.05, 3.63) is 35.4 Å². The molecule has 1 aliphatic heterocycles. The summed E-state index contributed by atoms with van der Waals surface area (Å²) in [5.74, 6) is -0.291. The van der Waals surface area contributed by atoms with Crippen LogP contribution in [0.3, 0.4) is 0 Å². The fourth-order valence-corrected chi connectivity index (χ4v) is 1.87. The molecule has 0 aromatic heterocycles. The Kier molecular flexibility index (Phi) is 2.98. The number of carbonyl (C=O) groups excluding carboxylic acids is 1. The van der Waals surface area contributed by atoms with Crippen molar-refractivity contribution >= 4 is 5.97 Å². The van der Waals surface area contributed by atoms with Crippen LogP contribution in [0.2, 0.25) is 0 Å². The Morgan fingerprint density at radius 3 is 2.33 bits per heavy atom. The number of carbonyl (C=O) groups is 1. The molecule has 1 aromatic rings. The molecule has 1 aliphatic rings. The van der Waals surface area contributed by atoms with E-state index >= 15 is 0 Å². The van der Waals surface area contributed by atoms with E-state index in [-0.39, 0.29) is 12.1 Å². The smallest absolute Gasteiger partial charge is 0.341 e. The average Bonchev–Trinajstić information content (AvgIpc) is 2.91. The van der Waals surface area contributed by atoms with Crippen LogP contribution in [0.5, 0.6) is 0 Å². The van der Waals surface area contributed by atoms with Gasteiger partial charge in [0, 0.05) is 0 Å². The van der Waals surface area contributed by atoms with Crippen molar-refractivity contribution in [2.24, 2.45) is 0 Å². The fourth-order valence-electron chi connectivity index (χ4n) is 1.87. The predicted molar refractivity (Wildman–Crippen MR) is 69.3 cm³/mol. The van der Waals surface area contributed by atoms with Crippen molar-refractivity contribution in [3.63, 3.8) is 0 Å². The van der Waals surface area contributed by atoms with E-state index in [1.165, 1.54) is 5.56 Å². The van der Waals surface area contributed by atoms with Crippen LogP contribution in [-0.2, 0) is 14.3 Å². The molecule has 0 spiro atoms. The highest BCUT2D eigenvalue weighted by Gasteiger charge is 2.61. The van der Waals surface area contributed by atoms with Gasteiger partial charge in [0.2, 0.25) is 0 Å². The summed E-state index contributed by atoms with van der Waals surface area (Å²) in [5.41, 5.74) is 0.902. The van der Waals surface area contributed by atoms with Crippen molar-refractivity contribution in [2.45, 2.75) is 51.9 Å². The van der Waals surface area contributed by atoms with Gasteiger partial charge >= 0.3 is 5.97 Å². The largest absolute Gasteiger partial charge is 0.458 e. The van der Waals surface area contributed by atoms with Gasteiger partial charge in [0.1, 0.15) is 11.7 Å². The maximum Gasteiger partial charge on any atom is 0.341 e. The molecule has 18 heavy (non-hydrogen) atoms. The predicted octanol–water partition coefficient (Wildman–Crippen LogP) is 3.17. The highest BCUT2D eigenvalue weighted by atomic mass is 16.7. The van der Waals surface area contributed by atoms with Crippen LogP contribution in [0, 0.1) is 6.92 Å². The lowest BCUT2D eigenvalue weighted by Crippen LogP contribution is -2.32. The second-order valence-corrected chi connectivity index (χ2v) is 6.02. The summed E-state index contributed by atoms with van der Waals surface area (Å²) in [6.07, 6.45) is -0.187. The van der Waals surface area contributed by atoms with Crippen molar-refractivity contribution < 1.29 is 14.3 Å². The topological polar surface area (TPSA) is 38.8 Å². The number of epoxide rings is 1. The van der Waals surface area contributed by atoms with E-state index in [1.54, 1.807) is 6.92 Å². The van der Waals surface area contributed by atoms with Crippen LogP contribution in [0.4, 0.5) is 0 Å². The molecule has 2 atom stereocenters.